The molecule has 0 aliphatic carbocycles. The molecule has 1 atom stereocenters. The van der Waals surface area contributed by atoms with Gasteiger partial charge in [-0.15, -0.1) is 0 Å². The maximum Gasteiger partial charge on any atom is 0.331 e. The largest absolute Gasteiger partial charge is 0.335 e. The van der Waals surface area contributed by atoms with Crippen molar-refractivity contribution in [2.75, 3.05) is 0 Å². The van der Waals surface area contributed by atoms with Crippen molar-refractivity contribution >= 4 is 17.8 Å². The van der Waals surface area contributed by atoms with Gasteiger partial charge in [0, 0.05) is 18.9 Å². The predicted molar refractivity (Wildman–Crippen MR) is 65.9 cm³/mol. The standard InChI is InChI=1S/C12H16N4O3/c1-8(6-15-5-4-13-7-15)16-10(18)12(2,3)9(17)14-11(16)19/h4-5,7-8H,6H2,1-3H3,(H,14,17,19). The van der Waals surface area contributed by atoms with E-state index in [9.17, 15) is 14.4 Å². The van der Waals surface area contributed by atoms with Crippen molar-refractivity contribution in [1.82, 2.24) is 19.8 Å². The Morgan fingerprint density at radius 3 is 2.63 bits per heavy atom. The number of nitrogens with one attached hydrogen (secondary N) is 1. The third kappa shape index (κ3) is 2.23. The number of urea groups is 1. The van der Waals surface area contributed by atoms with Crippen molar-refractivity contribution in [3.8, 4) is 0 Å². The van der Waals surface area contributed by atoms with Crippen LogP contribution in [-0.2, 0) is 16.1 Å². The second kappa shape index (κ2) is 4.49. The number of carbonyl (C=O) groups excluding carboxylic acids is 3. The molecule has 0 spiro atoms. The second-order valence-electron chi connectivity index (χ2n) is 5.17. The lowest BCUT2D eigenvalue weighted by atomic mass is 9.88. The van der Waals surface area contributed by atoms with Gasteiger partial charge in [0.2, 0.25) is 11.8 Å². The van der Waals surface area contributed by atoms with Gasteiger partial charge in [-0.1, -0.05) is 0 Å². The molecule has 1 aliphatic rings. The van der Waals surface area contributed by atoms with Crippen molar-refractivity contribution < 1.29 is 14.4 Å². The van der Waals surface area contributed by atoms with Gasteiger partial charge in [0.15, 0.2) is 0 Å². The first-order valence-electron chi connectivity index (χ1n) is 5.99. The average molecular weight is 264 g/mol. The summed E-state index contributed by atoms with van der Waals surface area (Å²) in [5, 5.41) is 2.21. The van der Waals surface area contributed by atoms with Crippen molar-refractivity contribution in [3.63, 3.8) is 0 Å². The van der Waals surface area contributed by atoms with Crippen LogP contribution in [0, 0.1) is 5.41 Å². The topological polar surface area (TPSA) is 84.3 Å². The number of hydrogen-bond acceptors (Lipinski definition) is 4. The summed E-state index contributed by atoms with van der Waals surface area (Å²) in [4.78, 5) is 40.7. The van der Waals surface area contributed by atoms with Gasteiger partial charge >= 0.3 is 6.03 Å². The first-order valence-corrected chi connectivity index (χ1v) is 5.99. The quantitative estimate of drug-likeness (QED) is 0.800. The number of hydrogen-bond donors (Lipinski definition) is 1. The minimum Gasteiger partial charge on any atom is -0.335 e. The lowest BCUT2D eigenvalue weighted by Crippen LogP contribution is -2.64. The Labute approximate surface area is 110 Å². The van der Waals surface area contributed by atoms with Crippen molar-refractivity contribution in [3.05, 3.63) is 18.7 Å². The summed E-state index contributed by atoms with van der Waals surface area (Å²) in [7, 11) is 0. The van der Waals surface area contributed by atoms with E-state index in [1.807, 2.05) is 0 Å². The summed E-state index contributed by atoms with van der Waals surface area (Å²) in [6.07, 6.45) is 4.98. The van der Waals surface area contributed by atoms with Gasteiger partial charge in [-0.3, -0.25) is 19.8 Å². The summed E-state index contributed by atoms with van der Waals surface area (Å²) in [6, 6.07) is -1.03. The van der Waals surface area contributed by atoms with Crippen molar-refractivity contribution in [2.45, 2.75) is 33.4 Å². The highest BCUT2D eigenvalue weighted by molar-refractivity contribution is 6.18. The molecular formula is C12H16N4O3. The molecule has 1 aliphatic heterocycles. The Morgan fingerprint density at radius 1 is 1.37 bits per heavy atom. The molecule has 0 aromatic carbocycles. The summed E-state index contributed by atoms with van der Waals surface area (Å²) >= 11 is 0. The molecule has 1 aromatic heterocycles. The highest BCUT2D eigenvalue weighted by Crippen LogP contribution is 2.25. The summed E-state index contributed by atoms with van der Waals surface area (Å²) < 4.78 is 1.77. The number of amides is 4. The van der Waals surface area contributed by atoms with E-state index in [0.717, 1.165) is 4.90 Å². The van der Waals surface area contributed by atoms with Gasteiger partial charge in [-0.05, 0) is 20.8 Å². The van der Waals surface area contributed by atoms with E-state index in [1.165, 1.54) is 13.8 Å². The monoisotopic (exact) mass is 264 g/mol. The van der Waals surface area contributed by atoms with Crippen LogP contribution in [0.3, 0.4) is 0 Å². The number of carbonyl (C=O) groups is 3. The van der Waals surface area contributed by atoms with E-state index >= 15 is 0 Å². The summed E-state index contributed by atoms with van der Waals surface area (Å²) in [6.45, 7) is 5.20. The average Bonchev–Trinajstić information content (AvgIpc) is 2.79. The molecule has 102 valence electrons. The van der Waals surface area contributed by atoms with E-state index < -0.39 is 23.3 Å². The predicted octanol–water partition coefficient (Wildman–Crippen LogP) is 0.376. The Morgan fingerprint density at radius 2 is 2.05 bits per heavy atom. The highest BCUT2D eigenvalue weighted by atomic mass is 16.2. The molecule has 19 heavy (non-hydrogen) atoms. The van der Waals surface area contributed by atoms with Gasteiger partial charge in [0.1, 0.15) is 5.41 Å². The molecule has 1 fully saturated rings. The fourth-order valence-corrected chi connectivity index (χ4v) is 1.99. The van der Waals surface area contributed by atoms with Crippen LogP contribution in [-0.4, -0.2) is 38.3 Å². The molecule has 0 radical (unpaired) electrons. The van der Waals surface area contributed by atoms with Gasteiger partial charge in [0.25, 0.3) is 0 Å². The third-order valence-corrected chi connectivity index (χ3v) is 3.24. The minimum atomic E-state index is -1.23. The molecule has 7 heteroatoms. The van der Waals surface area contributed by atoms with Crippen LogP contribution >= 0.6 is 0 Å². The molecule has 2 rings (SSSR count). The lowest BCUT2D eigenvalue weighted by Gasteiger charge is -2.37. The number of imide groups is 2. The molecule has 1 N–H and O–H groups in total. The van der Waals surface area contributed by atoms with Crippen molar-refractivity contribution in [1.29, 1.82) is 0 Å². The van der Waals surface area contributed by atoms with E-state index in [-0.39, 0.29) is 6.04 Å². The molecular weight excluding hydrogens is 248 g/mol. The van der Waals surface area contributed by atoms with Gasteiger partial charge in [0.05, 0.1) is 12.4 Å². The molecule has 0 saturated carbocycles. The minimum absolute atomic E-state index is 0.367. The zero-order valence-electron chi connectivity index (χ0n) is 11.1. The van der Waals surface area contributed by atoms with Crippen LogP contribution in [0.1, 0.15) is 20.8 Å². The molecule has 4 amide bonds. The van der Waals surface area contributed by atoms with E-state index in [2.05, 4.69) is 10.3 Å². The third-order valence-electron chi connectivity index (χ3n) is 3.24. The van der Waals surface area contributed by atoms with E-state index in [4.69, 9.17) is 0 Å². The van der Waals surface area contributed by atoms with E-state index in [0.29, 0.717) is 6.54 Å². The fourth-order valence-electron chi connectivity index (χ4n) is 1.99. The van der Waals surface area contributed by atoms with Crippen LogP contribution in [0.25, 0.3) is 0 Å². The number of rotatable bonds is 3. The van der Waals surface area contributed by atoms with Crippen LogP contribution < -0.4 is 5.32 Å². The van der Waals surface area contributed by atoms with Crippen LogP contribution in [0.4, 0.5) is 4.79 Å². The van der Waals surface area contributed by atoms with Gasteiger partial charge in [-0.25, -0.2) is 9.78 Å². The Hall–Kier alpha value is -2.18. The fraction of sp³-hybridized carbons (Fsp3) is 0.500. The maximum atomic E-state index is 12.3. The molecule has 7 nitrogen and oxygen atoms in total. The van der Waals surface area contributed by atoms with E-state index in [1.54, 1.807) is 30.2 Å². The Kier molecular flexibility index (Phi) is 3.13. The van der Waals surface area contributed by atoms with Gasteiger partial charge < -0.3 is 4.57 Å². The Balaban J connectivity index is 2.20. The highest BCUT2D eigenvalue weighted by Gasteiger charge is 2.48. The zero-order valence-corrected chi connectivity index (χ0v) is 11.1. The number of nitrogens with zero attached hydrogens (tertiary/aromatic N) is 3. The lowest BCUT2D eigenvalue weighted by molar-refractivity contribution is -0.150. The Bertz CT molecular complexity index is 521. The number of imidazole rings is 1. The number of barbiturate groups is 1. The van der Waals surface area contributed by atoms with Gasteiger partial charge in [-0.2, -0.15) is 0 Å². The molecule has 1 saturated heterocycles. The van der Waals surface area contributed by atoms with Crippen LogP contribution in [0.5, 0.6) is 0 Å². The first kappa shape index (κ1) is 13.3. The molecule has 1 aromatic rings. The number of aromatic nitrogens is 2. The molecule has 2 heterocycles. The summed E-state index contributed by atoms with van der Waals surface area (Å²) in [5.41, 5.74) is -1.23. The maximum absolute atomic E-state index is 12.3. The second-order valence-corrected chi connectivity index (χ2v) is 5.17. The first-order chi connectivity index (χ1) is 8.84. The van der Waals surface area contributed by atoms with Crippen LogP contribution in [0.15, 0.2) is 18.7 Å². The SMILES string of the molecule is CC(Cn1ccnc1)N1C(=O)NC(=O)C(C)(C)C1=O. The summed E-state index contributed by atoms with van der Waals surface area (Å²) in [5.74, 6) is -1.04. The van der Waals surface area contributed by atoms with Crippen LogP contribution in [0.2, 0.25) is 0 Å². The molecule has 0 bridgehead atoms. The smallest absolute Gasteiger partial charge is 0.331 e. The normalized spacial score (nSPS) is 20.4. The zero-order chi connectivity index (χ0) is 14.2. The molecule has 1 unspecified atom stereocenters. The van der Waals surface area contributed by atoms with Crippen molar-refractivity contribution in [2.24, 2.45) is 5.41 Å².